The summed E-state index contributed by atoms with van der Waals surface area (Å²) >= 11 is 0. The molecule has 0 aromatic carbocycles. The van der Waals surface area contributed by atoms with Gasteiger partial charge in [-0.2, -0.15) is 0 Å². The van der Waals surface area contributed by atoms with Crippen LogP contribution in [0.5, 0.6) is 0 Å². The SMILES string of the molecule is O=C(N[C@@H]1CCCC[C@H]1O)C1CC1. The highest BCUT2D eigenvalue weighted by atomic mass is 16.3. The molecule has 2 saturated carbocycles. The van der Waals surface area contributed by atoms with Gasteiger partial charge in [0.1, 0.15) is 0 Å². The molecule has 0 radical (unpaired) electrons. The van der Waals surface area contributed by atoms with Crippen LogP contribution in [0.25, 0.3) is 0 Å². The first-order chi connectivity index (χ1) is 6.27. The largest absolute Gasteiger partial charge is 0.391 e. The number of hydrogen-bond donors (Lipinski definition) is 2. The van der Waals surface area contributed by atoms with Crippen molar-refractivity contribution < 1.29 is 9.90 Å². The Balaban J connectivity index is 1.81. The molecule has 74 valence electrons. The predicted molar refractivity (Wildman–Crippen MR) is 49.1 cm³/mol. The fourth-order valence-electron chi connectivity index (χ4n) is 1.93. The normalized spacial score (nSPS) is 34.2. The van der Waals surface area contributed by atoms with Gasteiger partial charge in [0.2, 0.25) is 5.91 Å². The van der Waals surface area contributed by atoms with Crippen LogP contribution in [0.4, 0.5) is 0 Å². The first-order valence-corrected chi connectivity index (χ1v) is 5.26. The number of hydrogen-bond acceptors (Lipinski definition) is 2. The number of amides is 1. The van der Waals surface area contributed by atoms with Gasteiger partial charge in [-0.3, -0.25) is 4.79 Å². The monoisotopic (exact) mass is 183 g/mol. The summed E-state index contributed by atoms with van der Waals surface area (Å²) in [6.45, 7) is 0. The molecule has 3 heteroatoms. The van der Waals surface area contributed by atoms with Crippen molar-refractivity contribution in [3.63, 3.8) is 0 Å². The molecule has 2 fully saturated rings. The van der Waals surface area contributed by atoms with E-state index in [0.29, 0.717) is 0 Å². The maximum absolute atomic E-state index is 11.4. The first kappa shape index (κ1) is 9.00. The fraction of sp³-hybridized carbons (Fsp3) is 0.900. The summed E-state index contributed by atoms with van der Waals surface area (Å²) in [5.74, 6) is 0.417. The molecule has 0 spiro atoms. The lowest BCUT2D eigenvalue weighted by Crippen LogP contribution is -2.45. The average molecular weight is 183 g/mol. The Labute approximate surface area is 78.5 Å². The summed E-state index contributed by atoms with van der Waals surface area (Å²) in [5.41, 5.74) is 0. The number of aliphatic hydroxyl groups is 1. The number of nitrogens with one attached hydrogen (secondary N) is 1. The third-order valence-electron chi connectivity index (χ3n) is 3.01. The van der Waals surface area contributed by atoms with Crippen LogP contribution in [0, 0.1) is 5.92 Å². The number of carbonyl (C=O) groups excluding carboxylic acids is 1. The van der Waals surface area contributed by atoms with Crippen molar-refractivity contribution >= 4 is 5.91 Å². The minimum absolute atomic E-state index is 0.0295. The molecule has 2 aliphatic rings. The minimum atomic E-state index is -0.309. The highest BCUT2D eigenvalue weighted by Gasteiger charge is 2.33. The predicted octanol–water partition coefficient (Wildman–Crippen LogP) is 0.816. The van der Waals surface area contributed by atoms with Crippen LogP contribution in [0.15, 0.2) is 0 Å². The molecular formula is C10H17NO2. The lowest BCUT2D eigenvalue weighted by Gasteiger charge is -2.28. The van der Waals surface area contributed by atoms with Crippen molar-refractivity contribution in [2.75, 3.05) is 0 Å². The van der Waals surface area contributed by atoms with Crippen LogP contribution in [0.3, 0.4) is 0 Å². The Morgan fingerprint density at radius 2 is 1.85 bits per heavy atom. The van der Waals surface area contributed by atoms with Gasteiger partial charge in [0.15, 0.2) is 0 Å². The lowest BCUT2D eigenvalue weighted by molar-refractivity contribution is -0.124. The maximum atomic E-state index is 11.4. The van der Waals surface area contributed by atoms with E-state index >= 15 is 0 Å². The molecule has 0 aromatic heterocycles. The Morgan fingerprint density at radius 1 is 1.15 bits per heavy atom. The molecular weight excluding hydrogens is 166 g/mol. The topological polar surface area (TPSA) is 49.3 Å². The van der Waals surface area contributed by atoms with Gasteiger partial charge in [-0.25, -0.2) is 0 Å². The summed E-state index contributed by atoms with van der Waals surface area (Å²) < 4.78 is 0. The van der Waals surface area contributed by atoms with Gasteiger partial charge in [-0.05, 0) is 25.7 Å². The molecule has 3 nitrogen and oxygen atoms in total. The molecule has 13 heavy (non-hydrogen) atoms. The van der Waals surface area contributed by atoms with E-state index in [1.807, 2.05) is 0 Å². The number of aliphatic hydroxyl groups excluding tert-OH is 1. The molecule has 2 aliphatic carbocycles. The van der Waals surface area contributed by atoms with Gasteiger partial charge in [-0.15, -0.1) is 0 Å². The minimum Gasteiger partial charge on any atom is -0.391 e. The zero-order valence-electron chi connectivity index (χ0n) is 7.83. The van der Waals surface area contributed by atoms with Crippen LogP contribution in [-0.4, -0.2) is 23.2 Å². The summed E-state index contributed by atoms with van der Waals surface area (Å²) in [4.78, 5) is 11.4. The van der Waals surface area contributed by atoms with Crippen LogP contribution in [-0.2, 0) is 4.79 Å². The van der Waals surface area contributed by atoms with E-state index in [-0.39, 0.29) is 24.0 Å². The number of carbonyl (C=O) groups is 1. The summed E-state index contributed by atoms with van der Waals surface area (Å²) in [6.07, 6.45) is 5.78. The second kappa shape index (κ2) is 3.66. The second-order valence-electron chi connectivity index (χ2n) is 4.24. The standard InChI is InChI=1S/C10H17NO2/c12-9-4-2-1-3-8(9)11-10(13)7-5-6-7/h7-9,12H,1-6H2,(H,11,13)/t8-,9-/m1/s1. The van der Waals surface area contributed by atoms with Crippen LogP contribution < -0.4 is 5.32 Å². The lowest BCUT2D eigenvalue weighted by atomic mass is 9.92. The number of rotatable bonds is 2. The van der Waals surface area contributed by atoms with E-state index in [0.717, 1.165) is 38.5 Å². The van der Waals surface area contributed by atoms with Crippen LogP contribution in [0.1, 0.15) is 38.5 Å². The third-order valence-corrected chi connectivity index (χ3v) is 3.01. The Morgan fingerprint density at radius 3 is 2.46 bits per heavy atom. The average Bonchev–Trinajstić information content (AvgIpc) is 2.91. The van der Waals surface area contributed by atoms with E-state index < -0.39 is 0 Å². The van der Waals surface area contributed by atoms with Gasteiger partial charge in [0, 0.05) is 5.92 Å². The van der Waals surface area contributed by atoms with E-state index in [9.17, 15) is 9.90 Å². The highest BCUT2D eigenvalue weighted by Crippen LogP contribution is 2.29. The Hall–Kier alpha value is -0.570. The Kier molecular flexibility index (Phi) is 2.54. The first-order valence-electron chi connectivity index (χ1n) is 5.26. The summed E-state index contributed by atoms with van der Waals surface area (Å²) in [6, 6.07) is 0.0295. The Bertz CT molecular complexity index is 201. The van der Waals surface area contributed by atoms with Crippen molar-refractivity contribution in [3.05, 3.63) is 0 Å². The summed E-state index contributed by atoms with van der Waals surface area (Å²) in [7, 11) is 0. The molecule has 0 bridgehead atoms. The van der Waals surface area contributed by atoms with Gasteiger partial charge >= 0.3 is 0 Å². The zero-order chi connectivity index (χ0) is 9.26. The molecule has 0 saturated heterocycles. The third kappa shape index (κ3) is 2.21. The highest BCUT2D eigenvalue weighted by molar-refractivity contribution is 5.81. The van der Waals surface area contributed by atoms with E-state index in [1.54, 1.807) is 0 Å². The molecule has 2 rings (SSSR count). The zero-order valence-corrected chi connectivity index (χ0v) is 7.83. The molecule has 0 aliphatic heterocycles. The van der Waals surface area contributed by atoms with Crippen molar-refractivity contribution in [2.45, 2.75) is 50.7 Å². The van der Waals surface area contributed by atoms with Crippen molar-refractivity contribution in [2.24, 2.45) is 5.92 Å². The van der Waals surface area contributed by atoms with E-state index in [4.69, 9.17) is 0 Å². The van der Waals surface area contributed by atoms with Crippen LogP contribution >= 0.6 is 0 Å². The molecule has 0 heterocycles. The van der Waals surface area contributed by atoms with E-state index in [2.05, 4.69) is 5.32 Å². The second-order valence-corrected chi connectivity index (χ2v) is 4.24. The van der Waals surface area contributed by atoms with Gasteiger partial charge in [0.25, 0.3) is 0 Å². The molecule has 0 aromatic rings. The van der Waals surface area contributed by atoms with Crippen molar-refractivity contribution in [3.8, 4) is 0 Å². The van der Waals surface area contributed by atoms with Crippen molar-refractivity contribution in [1.82, 2.24) is 5.32 Å². The molecule has 2 atom stereocenters. The quantitative estimate of drug-likeness (QED) is 0.665. The van der Waals surface area contributed by atoms with E-state index in [1.165, 1.54) is 0 Å². The maximum Gasteiger partial charge on any atom is 0.223 e. The van der Waals surface area contributed by atoms with Gasteiger partial charge in [0.05, 0.1) is 12.1 Å². The van der Waals surface area contributed by atoms with Gasteiger partial charge < -0.3 is 10.4 Å². The molecule has 1 amide bonds. The summed E-state index contributed by atoms with van der Waals surface area (Å²) in [5, 5.41) is 12.5. The smallest absolute Gasteiger partial charge is 0.223 e. The van der Waals surface area contributed by atoms with Crippen molar-refractivity contribution in [1.29, 1.82) is 0 Å². The van der Waals surface area contributed by atoms with Crippen LogP contribution in [0.2, 0.25) is 0 Å². The molecule has 0 unspecified atom stereocenters. The molecule has 2 N–H and O–H groups in total. The van der Waals surface area contributed by atoms with Gasteiger partial charge in [-0.1, -0.05) is 12.8 Å². The fourth-order valence-corrected chi connectivity index (χ4v) is 1.93.